The molecule has 2 unspecified atom stereocenters. The zero-order chi connectivity index (χ0) is 13.2. The third-order valence-corrected chi connectivity index (χ3v) is 3.69. The second-order valence-corrected chi connectivity index (χ2v) is 4.82. The smallest absolute Gasteiger partial charge is 0.311 e. The summed E-state index contributed by atoms with van der Waals surface area (Å²) < 4.78 is 0. The molecule has 0 aliphatic heterocycles. The van der Waals surface area contributed by atoms with Gasteiger partial charge in [0.25, 0.3) is 0 Å². The molecule has 1 aromatic heterocycles. The summed E-state index contributed by atoms with van der Waals surface area (Å²) in [6, 6.07) is 5.23. The normalized spacial score (nSPS) is 26.6. The van der Waals surface area contributed by atoms with Crippen molar-refractivity contribution in [2.24, 2.45) is 5.41 Å². The molecule has 1 aromatic rings. The van der Waals surface area contributed by atoms with Gasteiger partial charge in [-0.15, -0.1) is 0 Å². The van der Waals surface area contributed by atoms with Crippen molar-refractivity contribution in [3.8, 4) is 6.07 Å². The number of nitrogens with one attached hydrogen (secondary N) is 1. The number of carboxylic acids is 1. The third-order valence-electron chi connectivity index (χ3n) is 3.69. The lowest BCUT2D eigenvalue weighted by atomic mass is 9.85. The molecule has 94 valence electrons. The maximum Gasteiger partial charge on any atom is 0.311 e. The van der Waals surface area contributed by atoms with Crippen LogP contribution in [-0.4, -0.2) is 22.1 Å². The molecule has 2 rings (SSSR count). The Kier molecular flexibility index (Phi) is 3.19. The van der Waals surface area contributed by atoms with Gasteiger partial charge in [0.05, 0.1) is 11.0 Å². The van der Waals surface area contributed by atoms with Gasteiger partial charge >= 0.3 is 5.97 Å². The summed E-state index contributed by atoms with van der Waals surface area (Å²) in [5.74, 6) is -0.327. The van der Waals surface area contributed by atoms with E-state index in [2.05, 4.69) is 16.4 Å². The number of aromatic nitrogens is 1. The topological polar surface area (TPSA) is 86.0 Å². The number of nitrogens with zero attached hydrogens (tertiary/aromatic N) is 2. The summed E-state index contributed by atoms with van der Waals surface area (Å²) >= 11 is 0. The molecule has 0 spiro atoms. The van der Waals surface area contributed by atoms with Crippen molar-refractivity contribution < 1.29 is 9.90 Å². The number of rotatable bonds is 3. The van der Waals surface area contributed by atoms with Crippen LogP contribution in [0.4, 0.5) is 5.82 Å². The highest BCUT2D eigenvalue weighted by Crippen LogP contribution is 2.39. The fraction of sp³-hybridized carbons (Fsp3) is 0.462. The fourth-order valence-corrected chi connectivity index (χ4v) is 2.43. The van der Waals surface area contributed by atoms with Crippen LogP contribution in [0.1, 0.15) is 31.7 Å². The molecule has 18 heavy (non-hydrogen) atoms. The summed E-state index contributed by atoms with van der Waals surface area (Å²) in [5.41, 5.74) is -0.346. The molecule has 0 radical (unpaired) electrons. The van der Waals surface area contributed by atoms with Crippen LogP contribution in [0.25, 0.3) is 0 Å². The van der Waals surface area contributed by atoms with E-state index in [0.29, 0.717) is 17.8 Å². The van der Waals surface area contributed by atoms with Crippen molar-refractivity contribution in [1.29, 1.82) is 5.26 Å². The molecule has 1 fully saturated rings. The molecule has 0 bridgehead atoms. The molecule has 0 amide bonds. The Bertz CT molecular complexity index is 509. The van der Waals surface area contributed by atoms with Gasteiger partial charge in [-0.1, -0.05) is 6.42 Å². The van der Waals surface area contributed by atoms with Crippen molar-refractivity contribution in [3.63, 3.8) is 0 Å². The SMILES string of the molecule is CC1(C(=O)O)CCCC1Nc1ncccc1C#N. The fourth-order valence-electron chi connectivity index (χ4n) is 2.43. The Morgan fingerprint density at radius 1 is 1.72 bits per heavy atom. The Balaban J connectivity index is 2.24. The number of nitriles is 1. The first-order valence-electron chi connectivity index (χ1n) is 5.93. The molecule has 5 heteroatoms. The summed E-state index contributed by atoms with van der Waals surface area (Å²) in [7, 11) is 0. The van der Waals surface area contributed by atoms with Crippen molar-refractivity contribution in [2.75, 3.05) is 5.32 Å². The molecule has 2 N–H and O–H groups in total. The van der Waals surface area contributed by atoms with E-state index < -0.39 is 11.4 Å². The Morgan fingerprint density at radius 2 is 2.50 bits per heavy atom. The van der Waals surface area contributed by atoms with Crippen molar-refractivity contribution in [1.82, 2.24) is 4.98 Å². The lowest BCUT2D eigenvalue weighted by Crippen LogP contribution is -2.40. The minimum absolute atomic E-state index is 0.183. The van der Waals surface area contributed by atoms with Crippen molar-refractivity contribution in [3.05, 3.63) is 23.9 Å². The predicted octanol–water partition coefficient (Wildman–Crippen LogP) is 2.01. The highest BCUT2D eigenvalue weighted by molar-refractivity contribution is 5.76. The monoisotopic (exact) mass is 245 g/mol. The molecule has 2 atom stereocenters. The highest BCUT2D eigenvalue weighted by atomic mass is 16.4. The van der Waals surface area contributed by atoms with E-state index in [-0.39, 0.29) is 6.04 Å². The van der Waals surface area contributed by atoms with Gasteiger partial charge in [-0.2, -0.15) is 5.26 Å². The number of hydrogen-bond acceptors (Lipinski definition) is 4. The minimum Gasteiger partial charge on any atom is -0.481 e. The molecule has 0 aromatic carbocycles. The summed E-state index contributed by atoms with van der Waals surface area (Å²) in [6.07, 6.45) is 3.89. The van der Waals surface area contributed by atoms with E-state index in [9.17, 15) is 9.90 Å². The van der Waals surface area contributed by atoms with Gasteiger partial charge in [0.15, 0.2) is 0 Å². The Hall–Kier alpha value is -2.09. The Labute approximate surface area is 105 Å². The predicted molar refractivity (Wildman–Crippen MR) is 66.0 cm³/mol. The van der Waals surface area contributed by atoms with Crippen LogP contribution in [-0.2, 0) is 4.79 Å². The first-order valence-corrected chi connectivity index (χ1v) is 5.93. The number of carboxylic acid groups (broad SMARTS) is 1. The molecular weight excluding hydrogens is 230 g/mol. The van der Waals surface area contributed by atoms with Gasteiger partial charge in [-0.25, -0.2) is 4.98 Å². The second kappa shape index (κ2) is 4.65. The standard InChI is InChI=1S/C13H15N3O2/c1-13(12(17)18)6-2-5-10(13)16-11-9(8-14)4-3-7-15-11/h3-4,7,10H,2,5-6H2,1H3,(H,15,16)(H,17,18). The van der Waals surface area contributed by atoms with Gasteiger partial charge in [0.2, 0.25) is 0 Å². The van der Waals surface area contributed by atoms with Crippen molar-refractivity contribution >= 4 is 11.8 Å². The van der Waals surface area contributed by atoms with Gasteiger partial charge < -0.3 is 10.4 Å². The zero-order valence-electron chi connectivity index (χ0n) is 10.2. The van der Waals surface area contributed by atoms with Crippen LogP contribution in [0.2, 0.25) is 0 Å². The summed E-state index contributed by atoms with van der Waals surface area (Å²) in [6.45, 7) is 1.75. The van der Waals surface area contributed by atoms with E-state index in [1.807, 2.05) is 0 Å². The van der Waals surface area contributed by atoms with Crippen LogP contribution in [0, 0.1) is 16.7 Å². The number of carbonyl (C=O) groups is 1. The second-order valence-electron chi connectivity index (χ2n) is 4.82. The Morgan fingerprint density at radius 3 is 3.17 bits per heavy atom. The lowest BCUT2D eigenvalue weighted by Gasteiger charge is -2.28. The van der Waals surface area contributed by atoms with Gasteiger partial charge in [0, 0.05) is 12.2 Å². The number of anilines is 1. The highest BCUT2D eigenvalue weighted by Gasteiger charge is 2.45. The van der Waals surface area contributed by atoms with E-state index in [1.165, 1.54) is 0 Å². The quantitative estimate of drug-likeness (QED) is 0.850. The summed E-state index contributed by atoms with van der Waals surface area (Å²) in [5, 5.41) is 21.4. The van der Waals surface area contributed by atoms with Crippen LogP contribution in [0.3, 0.4) is 0 Å². The average Bonchev–Trinajstić information content (AvgIpc) is 2.73. The third kappa shape index (κ3) is 2.02. The number of pyridine rings is 1. The molecule has 1 aliphatic rings. The van der Waals surface area contributed by atoms with E-state index in [0.717, 1.165) is 12.8 Å². The maximum atomic E-state index is 11.4. The molecule has 1 saturated carbocycles. The molecule has 5 nitrogen and oxygen atoms in total. The average molecular weight is 245 g/mol. The van der Waals surface area contributed by atoms with Crippen molar-refractivity contribution in [2.45, 2.75) is 32.2 Å². The first kappa shape index (κ1) is 12.4. The first-order chi connectivity index (χ1) is 8.58. The van der Waals surface area contributed by atoms with Crippen LogP contribution in [0.5, 0.6) is 0 Å². The lowest BCUT2D eigenvalue weighted by molar-refractivity contribution is -0.147. The van der Waals surface area contributed by atoms with E-state index in [1.54, 1.807) is 25.3 Å². The van der Waals surface area contributed by atoms with Gasteiger partial charge in [0.1, 0.15) is 11.9 Å². The molecule has 1 aliphatic carbocycles. The number of hydrogen-bond donors (Lipinski definition) is 2. The number of aliphatic carboxylic acids is 1. The molecular formula is C13H15N3O2. The van der Waals surface area contributed by atoms with E-state index in [4.69, 9.17) is 5.26 Å². The minimum atomic E-state index is -0.799. The van der Waals surface area contributed by atoms with Crippen LogP contribution < -0.4 is 5.32 Å². The molecule has 0 saturated heterocycles. The maximum absolute atomic E-state index is 11.4. The van der Waals surface area contributed by atoms with Gasteiger partial charge in [-0.05, 0) is 31.9 Å². The summed E-state index contributed by atoms with van der Waals surface area (Å²) in [4.78, 5) is 15.5. The van der Waals surface area contributed by atoms with Crippen LogP contribution >= 0.6 is 0 Å². The van der Waals surface area contributed by atoms with E-state index >= 15 is 0 Å². The molecule has 1 heterocycles. The zero-order valence-corrected chi connectivity index (χ0v) is 10.2. The van der Waals surface area contributed by atoms with Gasteiger partial charge in [-0.3, -0.25) is 4.79 Å². The van der Waals surface area contributed by atoms with Crippen LogP contribution in [0.15, 0.2) is 18.3 Å². The largest absolute Gasteiger partial charge is 0.481 e.